The first-order valence-electron chi connectivity index (χ1n) is 3.83. The molecule has 0 fully saturated rings. The molecule has 0 heterocycles. The number of ether oxygens (including phenoxy) is 1. The van der Waals surface area contributed by atoms with E-state index in [1.165, 1.54) is 6.42 Å². The van der Waals surface area contributed by atoms with Crippen LogP contribution in [0, 0.1) is 12.5 Å². The maximum atomic E-state index is 5.07. The quantitative estimate of drug-likeness (QED) is 0.408. The van der Waals surface area contributed by atoms with Gasteiger partial charge in [-0.05, 0) is 25.7 Å². The first-order chi connectivity index (χ1) is 4.81. The molecule has 0 saturated carbocycles. The average molecular weight is 141 g/mol. The van der Waals surface area contributed by atoms with E-state index in [1.807, 2.05) is 13.0 Å². The molecule has 0 amide bonds. The molecule has 1 heteroatoms. The smallest absolute Gasteiger partial charge is 0.0805 e. The van der Waals surface area contributed by atoms with E-state index < -0.39 is 0 Å². The van der Waals surface area contributed by atoms with Crippen LogP contribution in [0.3, 0.4) is 0 Å². The van der Waals surface area contributed by atoms with Crippen LogP contribution in [-0.2, 0) is 4.74 Å². The standard InChI is InChI=1S/C9H17O/c1-4-9(3)7-6-8-10-5-2/h4-5,9H,1,6-8H2,2-3H3. The topological polar surface area (TPSA) is 9.23 Å². The Morgan fingerprint density at radius 3 is 2.80 bits per heavy atom. The summed E-state index contributed by atoms with van der Waals surface area (Å²) in [4.78, 5) is 0. The maximum Gasteiger partial charge on any atom is 0.0805 e. The Morgan fingerprint density at radius 1 is 1.60 bits per heavy atom. The fraction of sp³-hybridized carbons (Fsp3) is 0.667. The summed E-state index contributed by atoms with van der Waals surface area (Å²) in [6.07, 6.45) is 4.28. The molecule has 0 aromatic heterocycles. The summed E-state index contributed by atoms with van der Waals surface area (Å²) in [6.45, 7) is 10.4. The van der Waals surface area contributed by atoms with Crippen LogP contribution in [0.4, 0.5) is 0 Å². The Bertz CT molecular complexity index is 78.8. The molecule has 0 bridgehead atoms. The van der Waals surface area contributed by atoms with Gasteiger partial charge in [0.1, 0.15) is 0 Å². The van der Waals surface area contributed by atoms with Crippen molar-refractivity contribution in [2.24, 2.45) is 5.92 Å². The van der Waals surface area contributed by atoms with Crippen LogP contribution in [0.2, 0.25) is 0 Å². The lowest BCUT2D eigenvalue weighted by Gasteiger charge is -2.04. The van der Waals surface area contributed by atoms with Gasteiger partial charge in [0, 0.05) is 6.61 Å². The Labute approximate surface area is 64.1 Å². The van der Waals surface area contributed by atoms with Crippen molar-refractivity contribution >= 4 is 0 Å². The molecule has 1 atom stereocenters. The van der Waals surface area contributed by atoms with Crippen molar-refractivity contribution in [2.75, 3.05) is 6.61 Å². The molecule has 1 unspecified atom stereocenters. The van der Waals surface area contributed by atoms with Gasteiger partial charge in [-0.3, -0.25) is 0 Å². The van der Waals surface area contributed by atoms with E-state index in [9.17, 15) is 0 Å². The fourth-order valence-corrected chi connectivity index (χ4v) is 0.724. The Morgan fingerprint density at radius 2 is 2.30 bits per heavy atom. The van der Waals surface area contributed by atoms with Crippen molar-refractivity contribution in [1.82, 2.24) is 0 Å². The van der Waals surface area contributed by atoms with Gasteiger partial charge in [-0.15, -0.1) is 6.58 Å². The van der Waals surface area contributed by atoms with Gasteiger partial charge in [0.15, 0.2) is 0 Å². The van der Waals surface area contributed by atoms with Crippen LogP contribution in [0.25, 0.3) is 0 Å². The van der Waals surface area contributed by atoms with Gasteiger partial charge in [0.25, 0.3) is 0 Å². The molecule has 0 aliphatic heterocycles. The minimum atomic E-state index is 0.625. The van der Waals surface area contributed by atoms with Crippen molar-refractivity contribution in [3.8, 4) is 0 Å². The highest BCUT2D eigenvalue weighted by Crippen LogP contribution is 2.05. The summed E-state index contributed by atoms with van der Waals surface area (Å²) >= 11 is 0. The highest BCUT2D eigenvalue weighted by molar-refractivity contribution is 4.74. The minimum absolute atomic E-state index is 0.625. The molecule has 0 saturated heterocycles. The zero-order valence-corrected chi connectivity index (χ0v) is 6.97. The van der Waals surface area contributed by atoms with Crippen LogP contribution in [-0.4, -0.2) is 6.61 Å². The second-order valence-electron chi connectivity index (χ2n) is 2.46. The van der Waals surface area contributed by atoms with E-state index in [0.717, 1.165) is 13.0 Å². The van der Waals surface area contributed by atoms with Crippen LogP contribution < -0.4 is 0 Å². The van der Waals surface area contributed by atoms with Gasteiger partial charge in [-0.1, -0.05) is 13.0 Å². The summed E-state index contributed by atoms with van der Waals surface area (Å²) in [5, 5.41) is 0. The highest BCUT2D eigenvalue weighted by atomic mass is 16.5. The van der Waals surface area contributed by atoms with Crippen LogP contribution in [0.15, 0.2) is 12.7 Å². The Kier molecular flexibility index (Phi) is 6.61. The van der Waals surface area contributed by atoms with Gasteiger partial charge in [0.2, 0.25) is 0 Å². The van der Waals surface area contributed by atoms with Gasteiger partial charge >= 0.3 is 0 Å². The second-order valence-corrected chi connectivity index (χ2v) is 2.46. The van der Waals surface area contributed by atoms with E-state index >= 15 is 0 Å². The molecule has 1 radical (unpaired) electrons. The van der Waals surface area contributed by atoms with Crippen molar-refractivity contribution in [1.29, 1.82) is 0 Å². The lowest BCUT2D eigenvalue weighted by atomic mass is 10.1. The van der Waals surface area contributed by atoms with E-state index in [0.29, 0.717) is 5.92 Å². The SMILES string of the molecule is C=CC(C)CCCO[CH]C. The van der Waals surface area contributed by atoms with E-state index in [1.54, 1.807) is 6.61 Å². The molecule has 1 nitrogen and oxygen atoms in total. The summed E-state index contributed by atoms with van der Waals surface area (Å²) in [6, 6.07) is 0. The highest BCUT2D eigenvalue weighted by Gasteiger charge is 1.94. The number of hydrogen-bond acceptors (Lipinski definition) is 1. The van der Waals surface area contributed by atoms with Crippen LogP contribution in [0.1, 0.15) is 26.7 Å². The lowest BCUT2D eigenvalue weighted by Crippen LogP contribution is -1.94. The van der Waals surface area contributed by atoms with Crippen molar-refractivity contribution in [3.63, 3.8) is 0 Å². The van der Waals surface area contributed by atoms with Crippen LogP contribution in [0.5, 0.6) is 0 Å². The molecule has 0 aliphatic carbocycles. The van der Waals surface area contributed by atoms with Crippen molar-refractivity contribution in [2.45, 2.75) is 26.7 Å². The normalized spacial score (nSPS) is 13.0. The third kappa shape index (κ3) is 5.83. The van der Waals surface area contributed by atoms with E-state index in [-0.39, 0.29) is 0 Å². The summed E-state index contributed by atoms with van der Waals surface area (Å²) in [5.74, 6) is 0.625. The van der Waals surface area contributed by atoms with E-state index in [2.05, 4.69) is 13.5 Å². The molecule has 0 N–H and O–H groups in total. The van der Waals surface area contributed by atoms with Gasteiger partial charge in [-0.2, -0.15) is 0 Å². The largest absolute Gasteiger partial charge is 0.376 e. The molecular formula is C9H17O. The van der Waals surface area contributed by atoms with Gasteiger partial charge < -0.3 is 4.74 Å². The first-order valence-corrected chi connectivity index (χ1v) is 3.83. The predicted octanol–water partition coefficient (Wildman–Crippen LogP) is 2.79. The first kappa shape index (κ1) is 9.70. The number of hydrogen-bond donors (Lipinski definition) is 0. The number of allylic oxidation sites excluding steroid dienone is 1. The molecule has 0 rings (SSSR count). The summed E-state index contributed by atoms with van der Waals surface area (Å²) in [5.41, 5.74) is 0. The third-order valence-electron chi connectivity index (χ3n) is 1.49. The zero-order valence-electron chi connectivity index (χ0n) is 6.97. The minimum Gasteiger partial charge on any atom is -0.376 e. The average Bonchev–Trinajstić information content (AvgIpc) is 1.98. The maximum absolute atomic E-state index is 5.07. The van der Waals surface area contributed by atoms with Crippen molar-refractivity contribution in [3.05, 3.63) is 19.3 Å². The molecule has 59 valence electrons. The summed E-state index contributed by atoms with van der Waals surface area (Å²) in [7, 11) is 0. The monoisotopic (exact) mass is 141 g/mol. The van der Waals surface area contributed by atoms with Gasteiger partial charge in [0.05, 0.1) is 6.61 Å². The number of rotatable bonds is 6. The predicted molar refractivity (Wildman–Crippen MR) is 44.5 cm³/mol. The van der Waals surface area contributed by atoms with Gasteiger partial charge in [-0.25, -0.2) is 0 Å². The molecule has 0 aromatic carbocycles. The molecule has 0 aromatic rings. The second kappa shape index (κ2) is 6.81. The Balaban J connectivity index is 2.95. The molecule has 10 heavy (non-hydrogen) atoms. The molecule has 0 aliphatic rings. The third-order valence-corrected chi connectivity index (χ3v) is 1.49. The summed E-state index contributed by atoms with van der Waals surface area (Å²) < 4.78 is 5.07. The van der Waals surface area contributed by atoms with Crippen molar-refractivity contribution < 1.29 is 4.74 Å². The van der Waals surface area contributed by atoms with E-state index in [4.69, 9.17) is 4.74 Å². The zero-order chi connectivity index (χ0) is 7.82. The Hall–Kier alpha value is -0.300. The molecule has 0 spiro atoms. The molecular weight excluding hydrogens is 124 g/mol. The fourth-order valence-electron chi connectivity index (χ4n) is 0.724. The lowest BCUT2D eigenvalue weighted by molar-refractivity contribution is 0.195. The van der Waals surface area contributed by atoms with Crippen LogP contribution >= 0.6 is 0 Å².